The molecule has 2 saturated heterocycles. The number of aromatic nitrogens is 2. The van der Waals surface area contributed by atoms with E-state index in [2.05, 4.69) is 26.9 Å². The molecule has 1 N–H and O–H groups in total. The minimum Gasteiger partial charge on any atom is -0.393 e. The van der Waals surface area contributed by atoms with E-state index in [-0.39, 0.29) is 11.5 Å². The van der Waals surface area contributed by atoms with Crippen LogP contribution in [0.3, 0.4) is 0 Å². The van der Waals surface area contributed by atoms with E-state index in [1.54, 1.807) is 6.20 Å². The van der Waals surface area contributed by atoms with Crippen LogP contribution in [0.5, 0.6) is 0 Å². The van der Waals surface area contributed by atoms with Gasteiger partial charge in [-0.3, -0.25) is 9.78 Å². The fourth-order valence-corrected chi connectivity index (χ4v) is 5.55. The topological polar surface area (TPSA) is 69.6 Å². The van der Waals surface area contributed by atoms with Crippen LogP contribution < -0.4 is 4.90 Å². The van der Waals surface area contributed by atoms with E-state index in [9.17, 15) is 9.90 Å². The quantitative estimate of drug-likeness (QED) is 0.847. The van der Waals surface area contributed by atoms with Gasteiger partial charge in [-0.25, -0.2) is 4.98 Å². The van der Waals surface area contributed by atoms with Gasteiger partial charge in [-0.1, -0.05) is 6.07 Å². The lowest BCUT2D eigenvalue weighted by atomic mass is 9.78. The number of carbonyl (C=O) groups excluding carboxylic acids is 1. The maximum atomic E-state index is 13.5. The summed E-state index contributed by atoms with van der Waals surface area (Å²) in [5, 5.41) is 9.81. The van der Waals surface area contributed by atoms with E-state index >= 15 is 0 Å². The second-order valence-corrected chi connectivity index (χ2v) is 9.16. The van der Waals surface area contributed by atoms with Crippen molar-refractivity contribution in [2.24, 2.45) is 5.41 Å². The van der Waals surface area contributed by atoms with Crippen molar-refractivity contribution in [1.82, 2.24) is 14.9 Å². The van der Waals surface area contributed by atoms with E-state index in [1.165, 1.54) is 0 Å². The van der Waals surface area contributed by atoms with Gasteiger partial charge in [0.2, 0.25) is 5.91 Å². The maximum absolute atomic E-state index is 13.5. The summed E-state index contributed by atoms with van der Waals surface area (Å²) in [5.74, 6) is 1.29. The summed E-state index contributed by atoms with van der Waals surface area (Å²) in [4.78, 5) is 26.8. The first-order valence-corrected chi connectivity index (χ1v) is 11.3. The van der Waals surface area contributed by atoms with Crippen molar-refractivity contribution in [3.63, 3.8) is 0 Å². The molecule has 5 rings (SSSR count). The molecule has 0 unspecified atom stereocenters. The number of anilines is 1. The predicted octanol–water partition coefficient (Wildman–Crippen LogP) is 3.27. The normalized spacial score (nSPS) is 29.6. The smallest absolute Gasteiger partial charge is 0.230 e. The molecule has 1 aliphatic carbocycles. The number of carbonyl (C=O) groups is 1. The number of pyridine rings is 2. The lowest BCUT2D eigenvalue weighted by Gasteiger charge is -2.41. The summed E-state index contributed by atoms with van der Waals surface area (Å²) >= 11 is 0. The van der Waals surface area contributed by atoms with E-state index in [1.807, 2.05) is 24.5 Å². The molecule has 0 bridgehead atoms. The Bertz CT molecular complexity index is 880. The highest BCUT2D eigenvalue weighted by molar-refractivity contribution is 5.86. The first kappa shape index (κ1) is 19.5. The summed E-state index contributed by atoms with van der Waals surface area (Å²) < 4.78 is 0. The van der Waals surface area contributed by atoms with Gasteiger partial charge >= 0.3 is 0 Å². The number of rotatable bonds is 3. The third-order valence-electron chi connectivity index (χ3n) is 7.30. The standard InChI is InChI=1S/C24H30N4O2/c29-21-7-5-20(6-8-21)28-14-11-24(23(28)30)10-2-13-27(17-24)22-9-4-19(16-26-22)18-3-1-12-25-15-18/h1,3-4,9,12,15-16,20-21,29H,2,5-8,10-11,13-14,17H2/t20-,21-,24-/m0/s1. The number of aliphatic hydroxyl groups is 1. The summed E-state index contributed by atoms with van der Waals surface area (Å²) in [6, 6.07) is 8.45. The number of piperidine rings is 1. The minimum absolute atomic E-state index is 0.182. The molecular weight excluding hydrogens is 376 g/mol. The van der Waals surface area contributed by atoms with Gasteiger partial charge in [-0.15, -0.1) is 0 Å². The number of amides is 1. The van der Waals surface area contributed by atoms with Crippen LogP contribution in [0.2, 0.25) is 0 Å². The molecule has 6 nitrogen and oxygen atoms in total. The molecule has 2 aliphatic heterocycles. The summed E-state index contributed by atoms with van der Waals surface area (Å²) in [7, 11) is 0. The first-order valence-electron chi connectivity index (χ1n) is 11.3. The third-order valence-corrected chi connectivity index (χ3v) is 7.30. The van der Waals surface area contributed by atoms with Crippen LogP contribution in [0.15, 0.2) is 42.9 Å². The fraction of sp³-hybridized carbons (Fsp3) is 0.542. The second kappa shape index (κ2) is 7.99. The summed E-state index contributed by atoms with van der Waals surface area (Å²) in [6.45, 7) is 2.57. The van der Waals surface area contributed by atoms with Crippen molar-refractivity contribution in [1.29, 1.82) is 0 Å². The first-order chi connectivity index (χ1) is 14.6. The lowest BCUT2D eigenvalue weighted by Crippen LogP contribution is -2.50. The molecule has 30 heavy (non-hydrogen) atoms. The van der Waals surface area contributed by atoms with Crippen molar-refractivity contribution in [3.8, 4) is 11.1 Å². The van der Waals surface area contributed by atoms with Crippen molar-refractivity contribution in [2.75, 3.05) is 24.5 Å². The Morgan fingerprint density at radius 2 is 1.83 bits per heavy atom. The highest BCUT2D eigenvalue weighted by atomic mass is 16.3. The molecule has 1 amide bonds. The van der Waals surface area contributed by atoms with Crippen LogP contribution in [-0.4, -0.2) is 57.7 Å². The zero-order valence-electron chi connectivity index (χ0n) is 17.4. The van der Waals surface area contributed by atoms with Gasteiger partial charge in [0, 0.05) is 55.4 Å². The summed E-state index contributed by atoms with van der Waals surface area (Å²) in [5.41, 5.74) is 1.85. The Morgan fingerprint density at radius 3 is 2.57 bits per heavy atom. The molecule has 1 atom stereocenters. The van der Waals surface area contributed by atoms with Gasteiger partial charge in [0.25, 0.3) is 0 Å². The minimum atomic E-state index is -0.266. The Hall–Kier alpha value is -2.47. The van der Waals surface area contributed by atoms with Crippen molar-refractivity contribution < 1.29 is 9.90 Å². The van der Waals surface area contributed by atoms with Crippen LogP contribution >= 0.6 is 0 Å². The highest BCUT2D eigenvalue weighted by Gasteiger charge is 2.50. The number of nitrogens with zero attached hydrogens (tertiary/aromatic N) is 4. The molecule has 3 aliphatic rings. The number of aliphatic hydroxyl groups excluding tert-OH is 1. The van der Waals surface area contributed by atoms with Crippen molar-refractivity contribution in [2.45, 2.75) is 57.1 Å². The van der Waals surface area contributed by atoms with E-state index < -0.39 is 0 Å². The van der Waals surface area contributed by atoms with Gasteiger partial charge in [0.05, 0.1) is 11.5 Å². The van der Waals surface area contributed by atoms with Gasteiger partial charge < -0.3 is 14.9 Å². The molecule has 4 heterocycles. The molecule has 1 spiro atoms. The molecule has 0 aromatic carbocycles. The second-order valence-electron chi connectivity index (χ2n) is 9.16. The van der Waals surface area contributed by atoms with E-state index in [0.29, 0.717) is 11.9 Å². The number of hydrogen-bond acceptors (Lipinski definition) is 5. The van der Waals surface area contributed by atoms with E-state index in [4.69, 9.17) is 4.98 Å². The maximum Gasteiger partial charge on any atom is 0.230 e. The number of hydrogen-bond donors (Lipinski definition) is 1. The molecule has 2 aromatic rings. The van der Waals surface area contributed by atoms with Gasteiger partial charge in [-0.2, -0.15) is 0 Å². The SMILES string of the molecule is O=C1N([C@H]2CC[C@H](O)CC2)CC[C@]12CCCN(c1ccc(-c3cccnc3)cn1)C2. The van der Waals surface area contributed by atoms with Gasteiger partial charge in [0.1, 0.15) is 5.82 Å². The Labute approximate surface area is 177 Å². The van der Waals surface area contributed by atoms with Crippen molar-refractivity contribution >= 4 is 11.7 Å². The molecule has 3 fully saturated rings. The zero-order valence-corrected chi connectivity index (χ0v) is 17.4. The largest absolute Gasteiger partial charge is 0.393 e. The predicted molar refractivity (Wildman–Crippen MR) is 116 cm³/mol. The van der Waals surface area contributed by atoms with E-state index in [0.717, 1.165) is 81.5 Å². The lowest BCUT2D eigenvalue weighted by molar-refractivity contribution is -0.139. The number of likely N-dealkylation sites (tertiary alicyclic amines) is 1. The molecule has 6 heteroatoms. The van der Waals surface area contributed by atoms with Crippen LogP contribution in [0.1, 0.15) is 44.9 Å². The molecule has 2 aromatic heterocycles. The van der Waals surface area contributed by atoms with Gasteiger partial charge in [-0.05, 0) is 63.1 Å². The Balaban J connectivity index is 1.29. The van der Waals surface area contributed by atoms with Crippen LogP contribution in [0, 0.1) is 5.41 Å². The fourth-order valence-electron chi connectivity index (χ4n) is 5.55. The Morgan fingerprint density at radius 1 is 1.00 bits per heavy atom. The average Bonchev–Trinajstić information content (AvgIpc) is 3.10. The molecule has 158 valence electrons. The average molecular weight is 407 g/mol. The highest BCUT2D eigenvalue weighted by Crippen LogP contribution is 2.43. The zero-order chi connectivity index (χ0) is 20.6. The third kappa shape index (κ3) is 3.58. The van der Waals surface area contributed by atoms with Crippen LogP contribution in [0.25, 0.3) is 11.1 Å². The van der Waals surface area contributed by atoms with Crippen LogP contribution in [-0.2, 0) is 4.79 Å². The van der Waals surface area contributed by atoms with Crippen molar-refractivity contribution in [3.05, 3.63) is 42.9 Å². The molecule has 1 saturated carbocycles. The monoisotopic (exact) mass is 406 g/mol. The molecular formula is C24H30N4O2. The van der Waals surface area contributed by atoms with Gasteiger partial charge in [0.15, 0.2) is 0 Å². The molecule has 0 radical (unpaired) electrons. The summed E-state index contributed by atoms with van der Waals surface area (Å²) in [6.07, 6.45) is 11.8. The Kier molecular flexibility index (Phi) is 5.19. The van der Waals surface area contributed by atoms with Crippen LogP contribution in [0.4, 0.5) is 5.82 Å².